The maximum absolute atomic E-state index is 13.9. The third-order valence-corrected chi connectivity index (χ3v) is 7.50. The maximum Gasteiger partial charge on any atom is 0.278 e. The molecule has 0 aliphatic carbocycles. The molecule has 1 amide bonds. The summed E-state index contributed by atoms with van der Waals surface area (Å²) in [5, 5.41) is 29.1. The van der Waals surface area contributed by atoms with E-state index in [4.69, 9.17) is 5.14 Å². The first kappa shape index (κ1) is 25.0. The van der Waals surface area contributed by atoms with Gasteiger partial charge in [0.25, 0.3) is 15.9 Å². The van der Waals surface area contributed by atoms with Gasteiger partial charge in [-0.05, 0) is 12.1 Å². The summed E-state index contributed by atoms with van der Waals surface area (Å²) < 4.78 is 24.1. The van der Waals surface area contributed by atoms with Crippen molar-refractivity contribution < 1.29 is 23.1 Å². The number of aromatic hydroxyl groups is 1. The van der Waals surface area contributed by atoms with Crippen molar-refractivity contribution >= 4 is 38.2 Å². The molecule has 38 heavy (non-hydrogen) atoms. The molecule has 0 saturated heterocycles. The second-order valence-corrected chi connectivity index (χ2v) is 10.6. The normalized spacial score (nSPS) is 11.3. The Kier molecular flexibility index (Phi) is 6.55. The van der Waals surface area contributed by atoms with E-state index in [0.717, 1.165) is 0 Å². The highest BCUT2D eigenvalue weighted by molar-refractivity contribution is 7.91. The molecule has 0 bridgehead atoms. The van der Waals surface area contributed by atoms with Gasteiger partial charge in [0.1, 0.15) is 5.75 Å². The molecule has 0 spiro atoms. The Morgan fingerprint density at radius 2 is 1.61 bits per heavy atom. The minimum atomic E-state index is -4.12. The van der Waals surface area contributed by atoms with Gasteiger partial charge in [0.05, 0.1) is 16.9 Å². The number of ketones is 1. The first-order valence-electron chi connectivity index (χ1n) is 11.0. The molecule has 0 atom stereocenters. The Morgan fingerprint density at radius 1 is 0.921 bits per heavy atom. The molecule has 2 heterocycles. The zero-order chi connectivity index (χ0) is 26.9. The molecule has 0 radical (unpaired) electrons. The number of rotatable bonds is 7. The summed E-state index contributed by atoms with van der Waals surface area (Å²) in [7, 11) is -4.12. The summed E-state index contributed by atoms with van der Waals surface area (Å²) in [4.78, 5) is 27.4. The van der Waals surface area contributed by atoms with Gasteiger partial charge in [-0.1, -0.05) is 78.1 Å². The number of aromatic nitrogens is 4. The number of primary sulfonamides is 1. The fourth-order valence-corrected chi connectivity index (χ4v) is 5.06. The minimum Gasteiger partial charge on any atom is -0.508 e. The van der Waals surface area contributed by atoms with Crippen LogP contribution in [-0.2, 0) is 10.0 Å². The van der Waals surface area contributed by atoms with Crippen LogP contribution in [-0.4, -0.2) is 45.2 Å². The predicted molar refractivity (Wildman–Crippen MR) is 140 cm³/mol. The maximum atomic E-state index is 13.9. The summed E-state index contributed by atoms with van der Waals surface area (Å²) in [6.45, 7) is 0. The number of phenolic OH excluding ortho intramolecular Hbond substituents is 1. The molecule has 13 heteroatoms. The Balaban J connectivity index is 1.73. The number of carbonyl (C=O) groups is 2. The number of hydrogen-bond donors (Lipinski definition) is 3. The van der Waals surface area contributed by atoms with Gasteiger partial charge in [-0.25, -0.2) is 18.2 Å². The van der Waals surface area contributed by atoms with Gasteiger partial charge in [-0.3, -0.25) is 14.9 Å². The third kappa shape index (κ3) is 4.93. The summed E-state index contributed by atoms with van der Waals surface area (Å²) >= 11 is 0.559. The average Bonchev–Trinajstić information content (AvgIpc) is 3.55. The number of carbonyl (C=O) groups excluding carboxylic acids is 2. The highest BCUT2D eigenvalue weighted by atomic mass is 32.2. The topological polar surface area (TPSA) is 170 Å². The lowest BCUT2D eigenvalue weighted by Gasteiger charge is -2.10. The van der Waals surface area contributed by atoms with E-state index in [1.54, 1.807) is 66.7 Å². The molecule has 4 N–H and O–H groups in total. The molecule has 0 fully saturated rings. The number of hydrogen-bond acceptors (Lipinski definition) is 9. The lowest BCUT2D eigenvalue weighted by atomic mass is 9.97. The molecule has 5 aromatic rings. The number of benzene rings is 3. The summed E-state index contributed by atoms with van der Waals surface area (Å²) in [6, 6.07) is 23.5. The average molecular weight is 547 g/mol. The van der Waals surface area contributed by atoms with Crippen molar-refractivity contribution in [2.24, 2.45) is 5.14 Å². The van der Waals surface area contributed by atoms with Gasteiger partial charge >= 0.3 is 0 Å². The predicted octanol–water partition coefficient (Wildman–Crippen LogP) is 3.23. The molecule has 11 nitrogen and oxygen atoms in total. The molecule has 5 rings (SSSR count). The number of phenols is 1. The van der Waals surface area contributed by atoms with Crippen molar-refractivity contribution in [1.82, 2.24) is 20.0 Å². The van der Waals surface area contributed by atoms with Crippen LogP contribution in [0.4, 0.5) is 5.13 Å². The van der Waals surface area contributed by atoms with Gasteiger partial charge in [0.2, 0.25) is 9.47 Å². The largest absolute Gasteiger partial charge is 0.508 e. The molecular formula is C25H18N6O5S2. The summed E-state index contributed by atoms with van der Waals surface area (Å²) in [5.74, 6) is -1.33. The highest BCUT2D eigenvalue weighted by Gasteiger charge is 2.31. The Morgan fingerprint density at radius 3 is 2.24 bits per heavy atom. The molecule has 0 aliphatic heterocycles. The van der Waals surface area contributed by atoms with Crippen LogP contribution in [0, 0.1) is 0 Å². The quantitative estimate of drug-likeness (QED) is 0.206. The van der Waals surface area contributed by atoms with E-state index in [2.05, 4.69) is 20.6 Å². The van der Waals surface area contributed by atoms with Crippen LogP contribution in [0.15, 0.2) is 89.3 Å². The van der Waals surface area contributed by atoms with E-state index in [1.165, 1.54) is 16.8 Å². The number of nitrogens with one attached hydrogen (secondary N) is 1. The highest BCUT2D eigenvalue weighted by Crippen LogP contribution is 2.32. The van der Waals surface area contributed by atoms with Crippen molar-refractivity contribution in [2.75, 3.05) is 5.32 Å². The summed E-state index contributed by atoms with van der Waals surface area (Å²) in [5.41, 5.74) is 1.39. The van der Waals surface area contributed by atoms with Gasteiger partial charge in [0, 0.05) is 17.2 Å². The zero-order valence-electron chi connectivity index (χ0n) is 19.3. The fourth-order valence-electron chi connectivity index (χ4n) is 3.73. The van der Waals surface area contributed by atoms with Crippen molar-refractivity contribution in [3.63, 3.8) is 0 Å². The number of nitrogens with two attached hydrogens (primary N) is 1. The van der Waals surface area contributed by atoms with E-state index < -0.39 is 26.1 Å². The minimum absolute atomic E-state index is 0.000530. The van der Waals surface area contributed by atoms with E-state index in [1.807, 2.05) is 6.07 Å². The van der Waals surface area contributed by atoms with Crippen LogP contribution in [0.5, 0.6) is 5.75 Å². The molecular weight excluding hydrogens is 528 g/mol. The Bertz CT molecular complexity index is 1770. The van der Waals surface area contributed by atoms with Gasteiger partial charge in [-0.15, -0.1) is 10.2 Å². The molecule has 2 aromatic heterocycles. The molecule has 0 unspecified atom stereocenters. The lowest BCUT2D eigenvalue weighted by Crippen LogP contribution is -2.17. The van der Waals surface area contributed by atoms with Crippen molar-refractivity contribution in [3.05, 3.63) is 102 Å². The fraction of sp³-hybridized carbons (Fsp3) is 0. The zero-order valence-corrected chi connectivity index (χ0v) is 21.0. The molecule has 0 saturated carbocycles. The van der Waals surface area contributed by atoms with Crippen LogP contribution in [0.25, 0.3) is 16.9 Å². The SMILES string of the molecule is NS(=O)(=O)c1nnc(NC(=O)c2nn(-c3cccc(O)c3)c(-c3ccccc3)c2C(=O)c2ccccc2)s1. The van der Waals surface area contributed by atoms with Crippen LogP contribution >= 0.6 is 11.3 Å². The van der Waals surface area contributed by atoms with Crippen LogP contribution < -0.4 is 10.5 Å². The van der Waals surface area contributed by atoms with Crippen molar-refractivity contribution in [2.45, 2.75) is 4.34 Å². The number of amides is 1. The first-order chi connectivity index (χ1) is 18.2. The lowest BCUT2D eigenvalue weighted by molar-refractivity contribution is 0.0993. The number of nitrogens with zero attached hydrogens (tertiary/aromatic N) is 4. The van der Waals surface area contributed by atoms with Crippen molar-refractivity contribution in [3.8, 4) is 22.7 Å². The number of sulfonamides is 1. The van der Waals surface area contributed by atoms with Crippen molar-refractivity contribution in [1.29, 1.82) is 0 Å². The van der Waals surface area contributed by atoms with Gasteiger partial charge in [0.15, 0.2) is 11.5 Å². The monoisotopic (exact) mass is 546 g/mol. The second kappa shape index (κ2) is 9.97. The van der Waals surface area contributed by atoms with E-state index in [-0.39, 0.29) is 22.1 Å². The van der Waals surface area contributed by atoms with E-state index in [9.17, 15) is 23.1 Å². The van der Waals surface area contributed by atoms with Crippen LogP contribution in [0.3, 0.4) is 0 Å². The smallest absolute Gasteiger partial charge is 0.278 e. The Hall–Kier alpha value is -4.72. The second-order valence-electron chi connectivity index (χ2n) is 7.94. The number of anilines is 1. The van der Waals surface area contributed by atoms with Crippen LogP contribution in [0.2, 0.25) is 0 Å². The summed E-state index contributed by atoms with van der Waals surface area (Å²) in [6.07, 6.45) is 0. The van der Waals surface area contributed by atoms with E-state index in [0.29, 0.717) is 33.8 Å². The van der Waals surface area contributed by atoms with E-state index >= 15 is 0 Å². The molecule has 190 valence electrons. The first-order valence-corrected chi connectivity index (χ1v) is 13.3. The standard InChI is InChI=1S/C25H18N6O5S2/c26-38(35,36)25-29-28-24(37-25)27-23(34)20-19(22(33)16-10-5-2-6-11-16)21(15-8-3-1-4-9-15)31(30-20)17-12-7-13-18(32)14-17/h1-14,32H,(H2,26,35,36)(H,27,28,34). The van der Waals surface area contributed by atoms with Crippen LogP contribution in [0.1, 0.15) is 26.4 Å². The Labute approximate surface area is 220 Å². The molecule has 3 aromatic carbocycles. The molecule has 0 aliphatic rings. The van der Waals surface area contributed by atoms with Gasteiger partial charge in [-0.2, -0.15) is 5.10 Å². The van der Waals surface area contributed by atoms with Gasteiger partial charge < -0.3 is 5.11 Å². The third-order valence-electron chi connectivity index (χ3n) is 5.36.